The molecule has 0 saturated heterocycles. The van der Waals surface area contributed by atoms with Gasteiger partial charge in [0, 0.05) is 30.5 Å². The van der Waals surface area contributed by atoms with Crippen LogP contribution in [0, 0.1) is 15.9 Å². The summed E-state index contributed by atoms with van der Waals surface area (Å²) < 4.78 is 13.5. The van der Waals surface area contributed by atoms with Crippen molar-refractivity contribution in [3.8, 4) is 0 Å². The third-order valence-corrected chi connectivity index (χ3v) is 2.67. The monoisotopic (exact) mass is 244 g/mol. The number of hydrogen-bond acceptors (Lipinski definition) is 4. The van der Waals surface area contributed by atoms with Crippen LogP contribution in [-0.4, -0.2) is 23.5 Å². The van der Waals surface area contributed by atoms with E-state index < -0.39 is 16.4 Å². The van der Waals surface area contributed by atoms with Crippen LogP contribution < -0.4 is 5.32 Å². The standard InChI is InChI=1S/C10H13FN2O2S/c1-16-6-5-12-7-8-3-2-4-9(10(8)11)13(14)15/h2-4,12H,5-7H2,1H3. The van der Waals surface area contributed by atoms with Gasteiger partial charge in [0.1, 0.15) is 0 Å². The number of hydrogen-bond donors (Lipinski definition) is 1. The van der Waals surface area contributed by atoms with Crippen molar-refractivity contribution in [3.05, 3.63) is 39.7 Å². The molecule has 4 nitrogen and oxygen atoms in total. The molecule has 6 heteroatoms. The van der Waals surface area contributed by atoms with E-state index in [1.807, 2.05) is 6.26 Å². The third kappa shape index (κ3) is 3.46. The van der Waals surface area contributed by atoms with E-state index in [2.05, 4.69) is 5.32 Å². The van der Waals surface area contributed by atoms with Gasteiger partial charge in [-0.25, -0.2) is 0 Å². The Morgan fingerprint density at radius 3 is 2.94 bits per heavy atom. The Morgan fingerprint density at radius 1 is 1.56 bits per heavy atom. The Balaban J connectivity index is 2.66. The van der Waals surface area contributed by atoms with E-state index >= 15 is 0 Å². The summed E-state index contributed by atoms with van der Waals surface area (Å²) in [6.07, 6.45) is 1.98. The van der Waals surface area contributed by atoms with E-state index in [-0.39, 0.29) is 0 Å². The number of nitro groups is 1. The van der Waals surface area contributed by atoms with Gasteiger partial charge in [-0.2, -0.15) is 16.2 Å². The number of halogens is 1. The first-order chi connectivity index (χ1) is 7.66. The maximum absolute atomic E-state index is 13.5. The highest BCUT2D eigenvalue weighted by Crippen LogP contribution is 2.19. The van der Waals surface area contributed by atoms with Crippen LogP contribution in [0.5, 0.6) is 0 Å². The molecule has 1 rings (SSSR count). The number of thioether (sulfide) groups is 1. The minimum Gasteiger partial charge on any atom is -0.312 e. The summed E-state index contributed by atoms with van der Waals surface area (Å²) in [7, 11) is 0. The minimum absolute atomic E-state index is 0.314. The molecule has 0 spiro atoms. The van der Waals surface area contributed by atoms with Crippen molar-refractivity contribution in [1.29, 1.82) is 0 Å². The highest BCUT2D eigenvalue weighted by atomic mass is 32.2. The minimum atomic E-state index is -0.746. The highest BCUT2D eigenvalue weighted by Gasteiger charge is 2.16. The second-order valence-corrected chi connectivity index (χ2v) is 4.16. The maximum atomic E-state index is 13.5. The van der Waals surface area contributed by atoms with Gasteiger partial charge in [0.05, 0.1) is 4.92 Å². The number of nitrogens with zero attached hydrogens (tertiary/aromatic N) is 1. The molecule has 1 aromatic rings. The second kappa shape index (κ2) is 6.44. The first kappa shape index (κ1) is 12.9. The summed E-state index contributed by atoms with van der Waals surface area (Å²) >= 11 is 1.68. The summed E-state index contributed by atoms with van der Waals surface area (Å²) in [4.78, 5) is 9.78. The SMILES string of the molecule is CSCCNCc1cccc([N+](=O)[O-])c1F. The molecule has 0 amide bonds. The number of nitro benzene ring substituents is 1. The van der Waals surface area contributed by atoms with E-state index in [1.165, 1.54) is 12.1 Å². The Labute approximate surface area is 97.4 Å². The molecule has 0 aliphatic rings. The van der Waals surface area contributed by atoms with Gasteiger partial charge >= 0.3 is 5.69 Å². The predicted molar refractivity (Wildman–Crippen MR) is 63.1 cm³/mol. The summed E-state index contributed by atoms with van der Waals surface area (Å²) in [6.45, 7) is 1.07. The average molecular weight is 244 g/mol. The quantitative estimate of drug-likeness (QED) is 0.473. The van der Waals surface area contributed by atoms with Crippen molar-refractivity contribution in [2.45, 2.75) is 6.54 Å². The fraction of sp³-hybridized carbons (Fsp3) is 0.400. The molecule has 1 aromatic carbocycles. The van der Waals surface area contributed by atoms with Gasteiger partial charge in [-0.1, -0.05) is 12.1 Å². The van der Waals surface area contributed by atoms with Crippen LogP contribution in [0.25, 0.3) is 0 Å². The molecule has 0 radical (unpaired) electrons. The maximum Gasteiger partial charge on any atom is 0.305 e. The van der Waals surface area contributed by atoms with E-state index in [4.69, 9.17) is 0 Å². The van der Waals surface area contributed by atoms with Crippen molar-refractivity contribution >= 4 is 17.4 Å². The Morgan fingerprint density at radius 2 is 2.31 bits per heavy atom. The van der Waals surface area contributed by atoms with E-state index in [0.717, 1.165) is 12.3 Å². The molecule has 0 aliphatic heterocycles. The van der Waals surface area contributed by atoms with E-state index in [0.29, 0.717) is 12.1 Å². The predicted octanol–water partition coefficient (Wildman–Crippen LogP) is 2.19. The second-order valence-electron chi connectivity index (χ2n) is 3.18. The molecule has 0 atom stereocenters. The molecule has 0 fully saturated rings. The lowest BCUT2D eigenvalue weighted by Gasteiger charge is -2.05. The van der Waals surface area contributed by atoms with Gasteiger partial charge in [0.25, 0.3) is 0 Å². The smallest absolute Gasteiger partial charge is 0.305 e. The van der Waals surface area contributed by atoms with Crippen molar-refractivity contribution < 1.29 is 9.31 Å². The Hall–Kier alpha value is -1.14. The number of rotatable bonds is 6. The molecule has 0 aromatic heterocycles. The van der Waals surface area contributed by atoms with Gasteiger partial charge in [-0.15, -0.1) is 0 Å². The van der Waals surface area contributed by atoms with Crippen LogP contribution in [0.1, 0.15) is 5.56 Å². The van der Waals surface area contributed by atoms with Crippen LogP contribution in [0.3, 0.4) is 0 Å². The first-order valence-corrected chi connectivity index (χ1v) is 6.17. The van der Waals surface area contributed by atoms with Gasteiger partial charge in [0.15, 0.2) is 0 Å². The van der Waals surface area contributed by atoms with Crippen molar-refractivity contribution in [2.75, 3.05) is 18.6 Å². The molecule has 1 N–H and O–H groups in total. The molecular formula is C10H13FN2O2S. The summed E-state index contributed by atoms with van der Waals surface area (Å²) in [5.74, 6) is 0.181. The molecule has 88 valence electrons. The lowest BCUT2D eigenvalue weighted by atomic mass is 10.2. The highest BCUT2D eigenvalue weighted by molar-refractivity contribution is 7.98. The lowest BCUT2D eigenvalue weighted by Crippen LogP contribution is -2.17. The molecule has 0 saturated carbocycles. The van der Waals surface area contributed by atoms with Gasteiger partial charge in [-0.3, -0.25) is 10.1 Å². The fourth-order valence-corrected chi connectivity index (χ4v) is 1.59. The number of benzene rings is 1. The van der Waals surface area contributed by atoms with Crippen molar-refractivity contribution in [1.82, 2.24) is 5.32 Å². The summed E-state index contributed by atoms with van der Waals surface area (Å²) in [6, 6.07) is 4.21. The van der Waals surface area contributed by atoms with Crippen LogP contribution in [0.2, 0.25) is 0 Å². The molecule has 16 heavy (non-hydrogen) atoms. The molecule has 0 unspecified atom stereocenters. The zero-order chi connectivity index (χ0) is 12.0. The van der Waals surface area contributed by atoms with Gasteiger partial charge in [0.2, 0.25) is 5.82 Å². The zero-order valence-corrected chi connectivity index (χ0v) is 9.72. The Kier molecular flexibility index (Phi) is 5.21. The normalized spacial score (nSPS) is 10.4. The van der Waals surface area contributed by atoms with Gasteiger partial charge < -0.3 is 5.32 Å². The topological polar surface area (TPSA) is 55.2 Å². The van der Waals surface area contributed by atoms with Crippen LogP contribution in [0.4, 0.5) is 10.1 Å². The fourth-order valence-electron chi connectivity index (χ4n) is 1.24. The average Bonchev–Trinajstić information content (AvgIpc) is 2.26. The van der Waals surface area contributed by atoms with Crippen LogP contribution >= 0.6 is 11.8 Å². The largest absolute Gasteiger partial charge is 0.312 e. The Bertz CT molecular complexity index is 374. The molecule has 0 bridgehead atoms. The third-order valence-electron chi connectivity index (χ3n) is 2.05. The molecular weight excluding hydrogens is 231 g/mol. The van der Waals surface area contributed by atoms with E-state index in [9.17, 15) is 14.5 Å². The summed E-state index contributed by atoms with van der Waals surface area (Å²) in [5.41, 5.74) is -0.139. The van der Waals surface area contributed by atoms with Gasteiger partial charge in [-0.05, 0) is 6.26 Å². The lowest BCUT2D eigenvalue weighted by molar-refractivity contribution is -0.387. The first-order valence-electron chi connectivity index (χ1n) is 4.78. The van der Waals surface area contributed by atoms with Crippen molar-refractivity contribution in [2.24, 2.45) is 0 Å². The molecule has 0 heterocycles. The van der Waals surface area contributed by atoms with Crippen LogP contribution in [-0.2, 0) is 6.54 Å². The molecule has 0 aliphatic carbocycles. The van der Waals surface area contributed by atoms with E-state index in [1.54, 1.807) is 17.8 Å². The summed E-state index contributed by atoms with van der Waals surface area (Å²) in [5, 5.41) is 13.5. The zero-order valence-electron chi connectivity index (χ0n) is 8.90. The van der Waals surface area contributed by atoms with Crippen molar-refractivity contribution in [3.63, 3.8) is 0 Å². The van der Waals surface area contributed by atoms with Crippen LogP contribution in [0.15, 0.2) is 18.2 Å². The number of nitrogens with one attached hydrogen (secondary N) is 1.